The molecule has 0 bridgehead atoms. The summed E-state index contributed by atoms with van der Waals surface area (Å²) in [5.74, 6) is 0.653. The summed E-state index contributed by atoms with van der Waals surface area (Å²) >= 11 is 0. The molecule has 4 nitrogen and oxygen atoms in total. The number of carbonyl (C=O) groups excluding carboxylic acids is 1. The number of hydrogen-bond acceptors (Lipinski definition) is 3. The maximum absolute atomic E-state index is 12.3. The van der Waals surface area contributed by atoms with Gasteiger partial charge in [-0.15, -0.1) is 0 Å². The average Bonchev–Trinajstić information content (AvgIpc) is 2.59. The van der Waals surface area contributed by atoms with Crippen LogP contribution in [-0.2, 0) is 0 Å². The van der Waals surface area contributed by atoms with Crippen molar-refractivity contribution in [3.63, 3.8) is 0 Å². The highest BCUT2D eigenvalue weighted by Gasteiger charge is 2.13. The van der Waals surface area contributed by atoms with Gasteiger partial charge in [-0.25, -0.2) is 0 Å². The molecule has 0 aliphatic carbocycles. The quantitative estimate of drug-likeness (QED) is 0.787. The van der Waals surface area contributed by atoms with Gasteiger partial charge in [0.05, 0.1) is 6.61 Å². The lowest BCUT2D eigenvalue weighted by molar-refractivity contribution is 0.0949. The Balaban J connectivity index is 2.00. The van der Waals surface area contributed by atoms with E-state index in [4.69, 9.17) is 4.74 Å². The normalized spacial score (nSPS) is 11.7. The molecule has 1 amide bonds. The lowest BCUT2D eigenvalue weighted by atomic mass is 9.96. The van der Waals surface area contributed by atoms with Crippen molar-refractivity contribution >= 4 is 5.91 Å². The van der Waals surface area contributed by atoms with Crippen molar-refractivity contribution in [3.05, 3.63) is 65.7 Å². The van der Waals surface area contributed by atoms with Gasteiger partial charge in [-0.1, -0.05) is 36.4 Å². The number of carbonyl (C=O) groups is 1. The van der Waals surface area contributed by atoms with E-state index < -0.39 is 0 Å². The van der Waals surface area contributed by atoms with Crippen LogP contribution in [0.25, 0.3) is 0 Å². The number of ether oxygens (including phenoxy) is 1. The largest absolute Gasteiger partial charge is 0.494 e. The first-order chi connectivity index (χ1) is 11.2. The molecule has 0 fully saturated rings. The summed E-state index contributed by atoms with van der Waals surface area (Å²) in [6.45, 7) is 3.06. The fraction of sp³-hybridized carbons (Fsp3) is 0.316. The summed E-state index contributed by atoms with van der Waals surface area (Å²) in [5.41, 5.74) is 1.69. The van der Waals surface area contributed by atoms with Crippen molar-refractivity contribution in [3.8, 4) is 5.75 Å². The van der Waals surface area contributed by atoms with E-state index in [0.29, 0.717) is 30.9 Å². The Morgan fingerprint density at radius 2 is 1.96 bits per heavy atom. The number of aliphatic hydroxyl groups is 1. The standard InChI is InChI=1S/C19H23NO3/c1-2-23-18-10-6-9-16(13-18)19(22)20-14-17(11-12-21)15-7-4-3-5-8-15/h3-10,13,17,21H,2,11-12,14H2,1H3,(H,20,22). The van der Waals surface area contributed by atoms with Crippen LogP contribution in [0.15, 0.2) is 54.6 Å². The van der Waals surface area contributed by atoms with E-state index in [-0.39, 0.29) is 18.4 Å². The van der Waals surface area contributed by atoms with Gasteiger partial charge >= 0.3 is 0 Å². The van der Waals surface area contributed by atoms with Gasteiger partial charge in [0.15, 0.2) is 0 Å². The fourth-order valence-corrected chi connectivity index (χ4v) is 2.48. The van der Waals surface area contributed by atoms with Crippen molar-refractivity contribution in [2.24, 2.45) is 0 Å². The zero-order chi connectivity index (χ0) is 16.5. The molecular formula is C19H23NO3. The molecule has 0 spiro atoms. The van der Waals surface area contributed by atoms with E-state index in [9.17, 15) is 9.90 Å². The zero-order valence-electron chi connectivity index (χ0n) is 13.4. The Morgan fingerprint density at radius 3 is 2.65 bits per heavy atom. The van der Waals surface area contributed by atoms with Crippen LogP contribution in [0, 0.1) is 0 Å². The molecule has 0 saturated carbocycles. The molecule has 1 unspecified atom stereocenters. The van der Waals surface area contributed by atoms with Crippen LogP contribution in [0.4, 0.5) is 0 Å². The third-order valence-corrected chi connectivity index (χ3v) is 3.66. The van der Waals surface area contributed by atoms with Crippen LogP contribution in [0.2, 0.25) is 0 Å². The Kier molecular flexibility index (Phi) is 6.63. The minimum absolute atomic E-state index is 0.0925. The first-order valence-electron chi connectivity index (χ1n) is 7.91. The molecule has 23 heavy (non-hydrogen) atoms. The minimum Gasteiger partial charge on any atom is -0.494 e. The highest BCUT2D eigenvalue weighted by molar-refractivity contribution is 5.94. The fourth-order valence-electron chi connectivity index (χ4n) is 2.48. The summed E-state index contributed by atoms with van der Waals surface area (Å²) in [5, 5.41) is 12.2. The smallest absolute Gasteiger partial charge is 0.251 e. The molecule has 1 atom stereocenters. The van der Waals surface area contributed by atoms with Gasteiger partial charge in [0, 0.05) is 24.6 Å². The first-order valence-corrected chi connectivity index (χ1v) is 7.91. The van der Waals surface area contributed by atoms with Crippen LogP contribution in [0.3, 0.4) is 0 Å². The maximum atomic E-state index is 12.3. The van der Waals surface area contributed by atoms with E-state index >= 15 is 0 Å². The van der Waals surface area contributed by atoms with Crippen LogP contribution < -0.4 is 10.1 Å². The highest BCUT2D eigenvalue weighted by Crippen LogP contribution is 2.19. The number of amides is 1. The molecule has 4 heteroatoms. The molecule has 2 rings (SSSR count). The van der Waals surface area contributed by atoms with Crippen LogP contribution in [0.5, 0.6) is 5.75 Å². The zero-order valence-corrected chi connectivity index (χ0v) is 13.4. The molecule has 2 aromatic rings. The summed E-state index contributed by atoms with van der Waals surface area (Å²) in [7, 11) is 0. The Morgan fingerprint density at radius 1 is 1.17 bits per heavy atom. The average molecular weight is 313 g/mol. The monoisotopic (exact) mass is 313 g/mol. The number of aliphatic hydroxyl groups excluding tert-OH is 1. The van der Waals surface area contributed by atoms with Crippen molar-refractivity contribution < 1.29 is 14.6 Å². The van der Waals surface area contributed by atoms with Gasteiger partial charge in [-0.05, 0) is 37.1 Å². The number of rotatable bonds is 8. The lowest BCUT2D eigenvalue weighted by Gasteiger charge is -2.17. The second-order valence-electron chi connectivity index (χ2n) is 5.29. The molecule has 2 N–H and O–H groups in total. The predicted octanol–water partition coefficient (Wildman–Crippen LogP) is 2.98. The van der Waals surface area contributed by atoms with Crippen molar-refractivity contribution in [2.45, 2.75) is 19.3 Å². The molecule has 0 heterocycles. The van der Waals surface area contributed by atoms with E-state index in [1.165, 1.54) is 0 Å². The van der Waals surface area contributed by atoms with Crippen LogP contribution in [-0.4, -0.2) is 30.8 Å². The van der Waals surface area contributed by atoms with Gasteiger partial charge in [0.1, 0.15) is 5.75 Å². The molecule has 0 aliphatic heterocycles. The summed E-state index contributed by atoms with van der Waals surface area (Å²) in [4.78, 5) is 12.3. The molecule has 0 aromatic heterocycles. The number of hydrogen-bond donors (Lipinski definition) is 2. The van der Waals surface area contributed by atoms with Gasteiger partial charge in [0.25, 0.3) is 5.91 Å². The molecule has 0 aliphatic rings. The second-order valence-corrected chi connectivity index (χ2v) is 5.29. The van der Waals surface area contributed by atoms with Crippen LogP contribution >= 0.6 is 0 Å². The Bertz CT molecular complexity index is 613. The van der Waals surface area contributed by atoms with Crippen molar-refractivity contribution in [1.82, 2.24) is 5.32 Å². The van der Waals surface area contributed by atoms with Gasteiger partial charge in [0.2, 0.25) is 0 Å². The Hall–Kier alpha value is -2.33. The maximum Gasteiger partial charge on any atom is 0.251 e. The van der Waals surface area contributed by atoms with Gasteiger partial charge in [-0.2, -0.15) is 0 Å². The molecule has 0 saturated heterocycles. The SMILES string of the molecule is CCOc1cccc(C(=O)NCC(CCO)c2ccccc2)c1. The molecule has 122 valence electrons. The van der Waals surface area contributed by atoms with E-state index in [1.54, 1.807) is 12.1 Å². The third-order valence-electron chi connectivity index (χ3n) is 3.66. The van der Waals surface area contributed by atoms with Crippen LogP contribution in [0.1, 0.15) is 35.2 Å². The predicted molar refractivity (Wildman–Crippen MR) is 90.8 cm³/mol. The summed E-state index contributed by atoms with van der Waals surface area (Å²) < 4.78 is 5.42. The van der Waals surface area contributed by atoms with Crippen molar-refractivity contribution in [1.29, 1.82) is 0 Å². The molecular weight excluding hydrogens is 290 g/mol. The number of benzene rings is 2. The van der Waals surface area contributed by atoms with E-state index in [0.717, 1.165) is 5.56 Å². The summed E-state index contributed by atoms with van der Waals surface area (Å²) in [6, 6.07) is 17.1. The number of nitrogens with one attached hydrogen (secondary N) is 1. The summed E-state index contributed by atoms with van der Waals surface area (Å²) in [6.07, 6.45) is 0.614. The van der Waals surface area contributed by atoms with E-state index in [2.05, 4.69) is 5.32 Å². The van der Waals surface area contributed by atoms with E-state index in [1.807, 2.05) is 49.4 Å². The third kappa shape index (κ3) is 5.11. The minimum atomic E-state index is -0.134. The first kappa shape index (κ1) is 17.0. The van der Waals surface area contributed by atoms with Crippen molar-refractivity contribution in [2.75, 3.05) is 19.8 Å². The van der Waals surface area contributed by atoms with Gasteiger partial charge in [-0.3, -0.25) is 4.79 Å². The highest BCUT2D eigenvalue weighted by atomic mass is 16.5. The van der Waals surface area contributed by atoms with Gasteiger partial charge < -0.3 is 15.2 Å². The topological polar surface area (TPSA) is 58.6 Å². The Labute approximate surface area is 137 Å². The second kappa shape index (κ2) is 8.96. The molecule has 0 radical (unpaired) electrons. The lowest BCUT2D eigenvalue weighted by Crippen LogP contribution is -2.28. The molecule has 2 aromatic carbocycles.